The summed E-state index contributed by atoms with van der Waals surface area (Å²) < 4.78 is 5.71. The molecule has 0 heterocycles. The van der Waals surface area contributed by atoms with Crippen LogP contribution in [0.3, 0.4) is 0 Å². The van der Waals surface area contributed by atoms with E-state index >= 15 is 0 Å². The maximum atomic E-state index is 12.4. The number of carbonyl (C=O) groups is 2. The zero-order valence-corrected chi connectivity index (χ0v) is 18.0. The van der Waals surface area contributed by atoms with Crippen LogP contribution in [0, 0.1) is 6.92 Å². The fourth-order valence-corrected chi connectivity index (χ4v) is 2.62. The monoisotopic (exact) mass is 413 g/mol. The number of amides is 2. The second kappa shape index (κ2) is 10.6. The van der Waals surface area contributed by atoms with E-state index in [0.29, 0.717) is 23.4 Å². The molecule has 154 valence electrons. The van der Waals surface area contributed by atoms with Crippen molar-refractivity contribution in [2.45, 2.75) is 46.6 Å². The van der Waals surface area contributed by atoms with E-state index in [4.69, 9.17) is 17.0 Å². The van der Waals surface area contributed by atoms with Gasteiger partial charge in [-0.1, -0.05) is 19.9 Å². The van der Waals surface area contributed by atoms with Crippen LogP contribution in [0.4, 0.5) is 11.4 Å². The molecule has 2 aromatic rings. The lowest BCUT2D eigenvalue weighted by Gasteiger charge is -2.14. The molecular formula is C22H27N3O3S. The van der Waals surface area contributed by atoms with E-state index in [1.807, 2.05) is 26.0 Å². The average Bonchev–Trinajstić information content (AvgIpc) is 2.70. The number of benzene rings is 2. The minimum Gasteiger partial charge on any atom is -0.491 e. The first-order valence-corrected chi connectivity index (χ1v) is 10.0. The van der Waals surface area contributed by atoms with Crippen LogP contribution in [0.5, 0.6) is 5.75 Å². The van der Waals surface area contributed by atoms with Crippen molar-refractivity contribution in [2.75, 3.05) is 10.6 Å². The van der Waals surface area contributed by atoms with Crippen molar-refractivity contribution in [2.24, 2.45) is 0 Å². The maximum Gasteiger partial charge on any atom is 0.257 e. The van der Waals surface area contributed by atoms with E-state index in [1.54, 1.807) is 37.3 Å². The summed E-state index contributed by atoms with van der Waals surface area (Å²) in [6.07, 6.45) is 1.42. The van der Waals surface area contributed by atoms with Gasteiger partial charge in [-0.15, -0.1) is 0 Å². The molecule has 6 nitrogen and oxygen atoms in total. The second-order valence-electron chi connectivity index (χ2n) is 6.70. The molecule has 2 amide bonds. The van der Waals surface area contributed by atoms with Crippen LogP contribution in [0.25, 0.3) is 0 Å². The zero-order valence-electron chi connectivity index (χ0n) is 17.2. The number of aryl methyl sites for hydroxylation is 1. The largest absolute Gasteiger partial charge is 0.491 e. The Bertz CT molecular complexity index is 881. The summed E-state index contributed by atoms with van der Waals surface area (Å²) in [5.74, 6) is 0.337. The van der Waals surface area contributed by atoms with Gasteiger partial charge < -0.3 is 15.4 Å². The molecule has 29 heavy (non-hydrogen) atoms. The van der Waals surface area contributed by atoms with Crippen LogP contribution in [-0.4, -0.2) is 23.0 Å². The van der Waals surface area contributed by atoms with E-state index in [-0.39, 0.29) is 23.0 Å². The van der Waals surface area contributed by atoms with Gasteiger partial charge in [0, 0.05) is 23.4 Å². The molecule has 0 radical (unpaired) electrons. The van der Waals surface area contributed by atoms with Gasteiger partial charge in [-0.05, 0) is 74.4 Å². The molecule has 0 aliphatic rings. The Morgan fingerprint density at radius 1 is 1.07 bits per heavy atom. The highest BCUT2D eigenvalue weighted by molar-refractivity contribution is 7.80. The lowest BCUT2D eigenvalue weighted by atomic mass is 10.1. The number of carbonyl (C=O) groups excluding carboxylic acids is 2. The molecule has 0 aromatic heterocycles. The van der Waals surface area contributed by atoms with E-state index in [0.717, 1.165) is 17.7 Å². The molecule has 0 fully saturated rings. The highest BCUT2D eigenvalue weighted by atomic mass is 32.1. The van der Waals surface area contributed by atoms with Crippen molar-refractivity contribution >= 4 is 40.5 Å². The summed E-state index contributed by atoms with van der Waals surface area (Å²) >= 11 is 5.24. The Balaban J connectivity index is 1.97. The molecule has 2 rings (SSSR count). The summed E-state index contributed by atoms with van der Waals surface area (Å²) in [6.45, 7) is 7.74. The van der Waals surface area contributed by atoms with Gasteiger partial charge in [0.2, 0.25) is 5.91 Å². The molecule has 0 saturated heterocycles. The molecule has 0 spiro atoms. The Labute approximate surface area is 177 Å². The van der Waals surface area contributed by atoms with Gasteiger partial charge in [0.25, 0.3) is 5.91 Å². The first kappa shape index (κ1) is 22.4. The molecule has 0 bridgehead atoms. The number of thiocarbonyl (C=S) groups is 1. The molecule has 1 atom stereocenters. The predicted octanol–water partition coefficient (Wildman–Crippen LogP) is 4.65. The maximum absolute atomic E-state index is 12.4. The fraction of sp³-hybridized carbons (Fsp3) is 0.318. The number of rotatable bonds is 7. The quantitative estimate of drug-likeness (QED) is 0.576. The molecule has 0 aliphatic carbocycles. The van der Waals surface area contributed by atoms with Gasteiger partial charge in [-0.3, -0.25) is 14.9 Å². The van der Waals surface area contributed by atoms with Gasteiger partial charge in [-0.2, -0.15) is 0 Å². The van der Waals surface area contributed by atoms with Gasteiger partial charge >= 0.3 is 0 Å². The molecule has 1 unspecified atom stereocenters. The van der Waals surface area contributed by atoms with Crippen LogP contribution < -0.4 is 20.7 Å². The SMILES string of the molecule is CCC(=O)Nc1cc(NC(=S)NC(=O)c2ccc(OC(C)CC)cc2)ccc1C. The first-order chi connectivity index (χ1) is 13.8. The fourth-order valence-electron chi connectivity index (χ4n) is 2.41. The second-order valence-corrected chi connectivity index (χ2v) is 7.11. The Hall–Kier alpha value is -2.93. The van der Waals surface area contributed by atoms with E-state index in [9.17, 15) is 9.59 Å². The predicted molar refractivity (Wildman–Crippen MR) is 121 cm³/mol. The lowest BCUT2D eigenvalue weighted by Crippen LogP contribution is -2.34. The molecule has 7 heteroatoms. The van der Waals surface area contributed by atoms with Crippen LogP contribution in [0.2, 0.25) is 0 Å². The highest BCUT2D eigenvalue weighted by Crippen LogP contribution is 2.20. The third-order valence-electron chi connectivity index (χ3n) is 4.35. The Morgan fingerprint density at radius 2 is 1.76 bits per heavy atom. The topological polar surface area (TPSA) is 79.5 Å². The molecule has 2 aromatic carbocycles. The molecular weight excluding hydrogens is 386 g/mol. The summed E-state index contributed by atoms with van der Waals surface area (Å²) in [4.78, 5) is 24.1. The van der Waals surface area contributed by atoms with Crippen molar-refractivity contribution in [3.8, 4) is 5.75 Å². The minimum atomic E-state index is -0.316. The number of anilines is 2. The number of hydrogen-bond acceptors (Lipinski definition) is 4. The van der Waals surface area contributed by atoms with Crippen molar-refractivity contribution < 1.29 is 14.3 Å². The normalized spacial score (nSPS) is 11.3. The van der Waals surface area contributed by atoms with Crippen LogP contribution in [0.15, 0.2) is 42.5 Å². The lowest BCUT2D eigenvalue weighted by molar-refractivity contribution is -0.115. The summed E-state index contributed by atoms with van der Waals surface area (Å²) in [5, 5.41) is 8.64. The van der Waals surface area contributed by atoms with E-state index < -0.39 is 0 Å². The van der Waals surface area contributed by atoms with Crippen LogP contribution in [0.1, 0.15) is 49.5 Å². The number of ether oxygens (including phenoxy) is 1. The third-order valence-corrected chi connectivity index (χ3v) is 4.55. The van der Waals surface area contributed by atoms with Gasteiger partial charge in [0.15, 0.2) is 5.11 Å². The summed E-state index contributed by atoms with van der Waals surface area (Å²) in [6, 6.07) is 12.4. The first-order valence-electron chi connectivity index (χ1n) is 9.61. The smallest absolute Gasteiger partial charge is 0.257 e. The molecule has 0 aliphatic heterocycles. The zero-order chi connectivity index (χ0) is 21.4. The van der Waals surface area contributed by atoms with Gasteiger partial charge in [0.1, 0.15) is 5.75 Å². The van der Waals surface area contributed by atoms with Crippen molar-refractivity contribution in [3.63, 3.8) is 0 Å². The Morgan fingerprint density at radius 3 is 2.38 bits per heavy atom. The number of hydrogen-bond donors (Lipinski definition) is 3. The van der Waals surface area contributed by atoms with Crippen molar-refractivity contribution in [3.05, 3.63) is 53.6 Å². The average molecular weight is 414 g/mol. The van der Waals surface area contributed by atoms with E-state index in [1.165, 1.54) is 0 Å². The Kier molecular flexibility index (Phi) is 8.15. The third kappa shape index (κ3) is 6.87. The van der Waals surface area contributed by atoms with Gasteiger partial charge in [-0.25, -0.2) is 0 Å². The van der Waals surface area contributed by atoms with Crippen LogP contribution >= 0.6 is 12.2 Å². The van der Waals surface area contributed by atoms with Gasteiger partial charge in [0.05, 0.1) is 6.10 Å². The summed E-state index contributed by atoms with van der Waals surface area (Å²) in [7, 11) is 0. The summed E-state index contributed by atoms with van der Waals surface area (Å²) in [5.41, 5.74) is 2.79. The minimum absolute atomic E-state index is 0.0677. The van der Waals surface area contributed by atoms with Crippen molar-refractivity contribution in [1.29, 1.82) is 0 Å². The standard InChI is InChI=1S/C22H27N3O3S/c1-5-15(4)28-18-11-8-16(9-12-18)21(27)25-22(29)23-17-10-7-14(3)19(13-17)24-20(26)6-2/h7-13,15H,5-6H2,1-4H3,(H,24,26)(H2,23,25,27,29). The van der Waals surface area contributed by atoms with E-state index in [2.05, 4.69) is 22.9 Å². The molecule has 3 N–H and O–H groups in total. The van der Waals surface area contributed by atoms with Crippen molar-refractivity contribution in [1.82, 2.24) is 5.32 Å². The number of nitrogens with one attached hydrogen (secondary N) is 3. The molecule has 0 saturated carbocycles. The highest BCUT2D eigenvalue weighted by Gasteiger charge is 2.10. The van der Waals surface area contributed by atoms with Crippen LogP contribution in [-0.2, 0) is 4.79 Å².